The van der Waals surface area contributed by atoms with Crippen molar-refractivity contribution in [1.82, 2.24) is 10.7 Å². The van der Waals surface area contributed by atoms with Crippen LogP contribution in [0.4, 0.5) is 13.2 Å². The molecule has 4 N–H and O–H groups in total. The molecule has 0 aliphatic rings. The summed E-state index contributed by atoms with van der Waals surface area (Å²) < 4.78 is 36.3. The first kappa shape index (κ1) is 15.9. The topological polar surface area (TPSA) is 79.5 Å². The number of carbonyl (C=O) groups is 1. The molecule has 1 rings (SSSR count). The van der Waals surface area contributed by atoms with Gasteiger partial charge in [0.05, 0.1) is 12.3 Å². The van der Waals surface area contributed by atoms with Crippen LogP contribution in [-0.4, -0.2) is 29.5 Å². The van der Waals surface area contributed by atoms with Gasteiger partial charge in [-0.05, 0) is 17.8 Å². The molecule has 108 valence electrons. The molecule has 20 heavy (non-hydrogen) atoms. The van der Waals surface area contributed by atoms with Crippen molar-refractivity contribution in [2.24, 2.45) is 10.8 Å². The molecule has 1 amide bonds. The van der Waals surface area contributed by atoms with Crippen LogP contribution >= 0.6 is 12.2 Å². The number of carbonyl (C=O) groups excluding carboxylic acids is 1. The summed E-state index contributed by atoms with van der Waals surface area (Å²) in [6.07, 6.45) is -4.95. The van der Waals surface area contributed by atoms with Gasteiger partial charge in [0.2, 0.25) is 0 Å². The number of benzene rings is 1. The first-order valence-corrected chi connectivity index (χ1v) is 5.74. The van der Waals surface area contributed by atoms with Gasteiger partial charge in [-0.3, -0.25) is 10.2 Å². The Labute approximate surface area is 118 Å². The predicted octanol–water partition coefficient (Wildman–Crippen LogP) is 0.902. The fraction of sp³-hybridized carbons (Fsp3) is 0.182. The highest BCUT2D eigenvalue weighted by Gasteiger charge is 2.38. The SMILES string of the molecule is NC(=S)NN=C(CNC(=O)C(F)(F)F)c1ccccc1. The quantitative estimate of drug-likeness (QED) is 0.439. The summed E-state index contributed by atoms with van der Waals surface area (Å²) in [7, 11) is 0. The molecule has 0 saturated heterocycles. The predicted molar refractivity (Wildman–Crippen MR) is 72.0 cm³/mol. The lowest BCUT2D eigenvalue weighted by atomic mass is 10.1. The van der Waals surface area contributed by atoms with Crippen molar-refractivity contribution in [3.05, 3.63) is 35.9 Å². The van der Waals surface area contributed by atoms with Gasteiger partial charge >= 0.3 is 12.1 Å². The van der Waals surface area contributed by atoms with Crippen LogP contribution in [0, 0.1) is 0 Å². The summed E-state index contributed by atoms with van der Waals surface area (Å²) in [6, 6.07) is 8.34. The molecule has 0 aliphatic heterocycles. The smallest absolute Gasteiger partial charge is 0.375 e. The lowest BCUT2D eigenvalue weighted by Crippen LogP contribution is -2.40. The molecule has 0 aliphatic carbocycles. The Morgan fingerprint density at radius 1 is 1.30 bits per heavy atom. The monoisotopic (exact) mass is 304 g/mol. The van der Waals surface area contributed by atoms with E-state index in [1.54, 1.807) is 35.6 Å². The molecule has 9 heteroatoms. The summed E-state index contributed by atoms with van der Waals surface area (Å²) >= 11 is 4.55. The van der Waals surface area contributed by atoms with Crippen LogP contribution < -0.4 is 16.5 Å². The second-order valence-electron chi connectivity index (χ2n) is 3.58. The van der Waals surface area contributed by atoms with Gasteiger partial charge in [0.1, 0.15) is 0 Å². The minimum atomic E-state index is -4.95. The third-order valence-corrected chi connectivity index (χ3v) is 2.17. The van der Waals surface area contributed by atoms with Crippen LogP contribution in [0.25, 0.3) is 0 Å². The number of thiocarbonyl (C=S) groups is 1. The van der Waals surface area contributed by atoms with E-state index in [0.29, 0.717) is 5.56 Å². The van der Waals surface area contributed by atoms with E-state index in [9.17, 15) is 18.0 Å². The zero-order valence-electron chi connectivity index (χ0n) is 10.1. The van der Waals surface area contributed by atoms with E-state index in [1.807, 2.05) is 0 Å². The number of hydrogen-bond donors (Lipinski definition) is 3. The molecule has 0 spiro atoms. The second kappa shape index (κ2) is 6.85. The molecule has 0 saturated carbocycles. The van der Waals surface area contributed by atoms with Crippen LogP contribution in [0.15, 0.2) is 35.4 Å². The van der Waals surface area contributed by atoms with Crippen molar-refractivity contribution in [2.45, 2.75) is 6.18 Å². The number of hydrazone groups is 1. The van der Waals surface area contributed by atoms with Crippen LogP contribution in [0.1, 0.15) is 5.56 Å². The first-order valence-electron chi connectivity index (χ1n) is 5.33. The van der Waals surface area contributed by atoms with Gasteiger partial charge in [0, 0.05) is 0 Å². The van der Waals surface area contributed by atoms with Gasteiger partial charge in [0.15, 0.2) is 5.11 Å². The normalized spacial score (nSPS) is 11.8. The van der Waals surface area contributed by atoms with Gasteiger partial charge in [-0.25, -0.2) is 0 Å². The third-order valence-electron chi connectivity index (χ3n) is 2.08. The fourth-order valence-electron chi connectivity index (χ4n) is 1.22. The molecule has 0 atom stereocenters. The first-order chi connectivity index (χ1) is 9.30. The molecule has 0 heterocycles. The van der Waals surface area contributed by atoms with Gasteiger partial charge < -0.3 is 11.1 Å². The standard InChI is InChI=1S/C11H11F3N4OS/c12-11(13,14)9(19)16-6-8(17-18-10(15)20)7-4-2-1-3-5-7/h1-5H,6H2,(H,16,19)(H3,15,18,20). The lowest BCUT2D eigenvalue weighted by Gasteiger charge is -2.10. The zero-order valence-corrected chi connectivity index (χ0v) is 10.9. The highest BCUT2D eigenvalue weighted by molar-refractivity contribution is 7.80. The second-order valence-corrected chi connectivity index (χ2v) is 4.02. The van der Waals surface area contributed by atoms with Crippen molar-refractivity contribution in [3.63, 3.8) is 0 Å². The Balaban J connectivity index is 2.82. The zero-order chi connectivity index (χ0) is 15.2. The summed E-state index contributed by atoms with van der Waals surface area (Å²) in [5.74, 6) is -2.04. The molecular weight excluding hydrogens is 293 g/mol. The van der Waals surface area contributed by atoms with E-state index < -0.39 is 18.6 Å². The molecule has 0 unspecified atom stereocenters. The fourth-order valence-corrected chi connectivity index (χ4v) is 1.27. The Morgan fingerprint density at radius 2 is 1.90 bits per heavy atom. The van der Waals surface area contributed by atoms with Gasteiger partial charge in [-0.1, -0.05) is 30.3 Å². The van der Waals surface area contributed by atoms with E-state index in [-0.39, 0.29) is 10.8 Å². The lowest BCUT2D eigenvalue weighted by molar-refractivity contribution is -0.173. The van der Waals surface area contributed by atoms with E-state index >= 15 is 0 Å². The number of nitrogens with zero attached hydrogens (tertiary/aromatic N) is 1. The van der Waals surface area contributed by atoms with Crippen LogP contribution in [0.2, 0.25) is 0 Å². The van der Waals surface area contributed by atoms with Gasteiger partial charge in [0.25, 0.3) is 0 Å². The molecular formula is C11H11F3N4OS. The van der Waals surface area contributed by atoms with Crippen molar-refractivity contribution in [2.75, 3.05) is 6.54 Å². The van der Waals surface area contributed by atoms with Crippen molar-refractivity contribution >= 4 is 28.9 Å². The van der Waals surface area contributed by atoms with E-state index in [1.165, 1.54) is 0 Å². The van der Waals surface area contributed by atoms with Crippen LogP contribution in [0.5, 0.6) is 0 Å². The molecule has 0 fully saturated rings. The number of hydrogen-bond acceptors (Lipinski definition) is 3. The Hall–Kier alpha value is -2.16. The van der Waals surface area contributed by atoms with Crippen LogP contribution in [-0.2, 0) is 4.79 Å². The van der Waals surface area contributed by atoms with Gasteiger partial charge in [-0.2, -0.15) is 18.3 Å². The number of nitrogens with two attached hydrogens (primary N) is 1. The van der Waals surface area contributed by atoms with Crippen LogP contribution in [0.3, 0.4) is 0 Å². The number of nitrogens with one attached hydrogen (secondary N) is 2. The van der Waals surface area contributed by atoms with Crippen molar-refractivity contribution < 1.29 is 18.0 Å². The summed E-state index contributed by atoms with van der Waals surface area (Å²) in [4.78, 5) is 10.8. The van der Waals surface area contributed by atoms with E-state index in [2.05, 4.69) is 22.7 Å². The number of amides is 1. The minimum Gasteiger partial charge on any atom is -0.375 e. The van der Waals surface area contributed by atoms with Crippen molar-refractivity contribution in [3.8, 4) is 0 Å². The average Bonchev–Trinajstić information content (AvgIpc) is 2.38. The largest absolute Gasteiger partial charge is 0.471 e. The van der Waals surface area contributed by atoms with E-state index in [4.69, 9.17) is 5.73 Å². The molecule has 0 radical (unpaired) electrons. The number of halogens is 3. The molecule has 1 aromatic rings. The van der Waals surface area contributed by atoms with Gasteiger partial charge in [-0.15, -0.1) is 0 Å². The summed E-state index contributed by atoms with van der Waals surface area (Å²) in [5, 5.41) is 5.35. The maximum absolute atomic E-state index is 12.1. The number of alkyl halides is 3. The molecule has 0 bridgehead atoms. The maximum Gasteiger partial charge on any atom is 0.471 e. The highest BCUT2D eigenvalue weighted by Crippen LogP contribution is 2.14. The third kappa shape index (κ3) is 5.22. The Kier molecular flexibility index (Phi) is 5.44. The maximum atomic E-state index is 12.1. The molecule has 0 aromatic heterocycles. The van der Waals surface area contributed by atoms with Crippen molar-refractivity contribution in [1.29, 1.82) is 0 Å². The number of rotatable bonds is 4. The summed E-state index contributed by atoms with van der Waals surface area (Å²) in [5.41, 5.74) is 8.15. The Bertz CT molecular complexity index is 516. The summed E-state index contributed by atoms with van der Waals surface area (Å²) in [6.45, 7) is -0.419. The Morgan fingerprint density at radius 3 is 2.40 bits per heavy atom. The molecule has 1 aromatic carbocycles. The average molecular weight is 304 g/mol. The minimum absolute atomic E-state index is 0.138. The van der Waals surface area contributed by atoms with E-state index in [0.717, 1.165) is 0 Å². The molecule has 5 nitrogen and oxygen atoms in total. The highest BCUT2D eigenvalue weighted by atomic mass is 32.1.